The van der Waals surface area contributed by atoms with Crippen molar-refractivity contribution in [2.75, 3.05) is 14.2 Å². The summed E-state index contributed by atoms with van der Waals surface area (Å²) in [6.07, 6.45) is 0.924. The van der Waals surface area contributed by atoms with Crippen molar-refractivity contribution >= 4 is 40.8 Å². The molecule has 1 atom stereocenters. The van der Waals surface area contributed by atoms with E-state index in [1.165, 1.54) is 10.8 Å². The third kappa shape index (κ3) is 3.25. The van der Waals surface area contributed by atoms with E-state index < -0.39 is 6.49 Å². The fourth-order valence-corrected chi connectivity index (χ4v) is 5.83. The van der Waals surface area contributed by atoms with Gasteiger partial charge in [-0.15, -0.1) is 11.7 Å². The Hall–Kier alpha value is 1.27. The van der Waals surface area contributed by atoms with E-state index in [0.29, 0.717) is 0 Å². The molecule has 68 valence electrons. The largest absolute Gasteiger partial charge is 0.332 e. The van der Waals surface area contributed by atoms with E-state index >= 15 is 0 Å². The zero-order valence-corrected chi connectivity index (χ0v) is 10.2. The Balaban J connectivity index is 4.32. The Labute approximate surface area is 82.4 Å². The lowest BCUT2D eigenvalue weighted by Gasteiger charge is -2.24. The first-order chi connectivity index (χ1) is 5.14. The lowest BCUT2D eigenvalue weighted by atomic mass is 10.6. The van der Waals surface area contributed by atoms with E-state index in [4.69, 9.17) is 20.9 Å². The molecule has 0 rings (SSSR count). The van der Waals surface area contributed by atoms with Gasteiger partial charge in [-0.25, -0.2) is 0 Å². The molecule has 0 aliphatic rings. The predicted molar refractivity (Wildman–Crippen MR) is 59.0 cm³/mol. The third-order valence-electron chi connectivity index (χ3n) is 1.33. The van der Waals surface area contributed by atoms with Gasteiger partial charge in [0.15, 0.2) is 0 Å². The molecule has 0 aromatic carbocycles. The number of thiol groups is 1. The molecule has 0 saturated heterocycles. The SMILES string of the molecule is CCC(SS)P(=S)(OC)OC. The minimum absolute atomic E-state index is 0.191. The number of rotatable bonds is 5. The van der Waals surface area contributed by atoms with Gasteiger partial charge >= 0.3 is 0 Å². The minimum atomic E-state index is -2.07. The summed E-state index contributed by atoms with van der Waals surface area (Å²) in [5, 5.41) is 0. The predicted octanol–water partition coefficient (Wildman–Crippen LogP) is 2.90. The number of hydrogen-bond donors (Lipinski definition) is 1. The molecule has 0 radical (unpaired) electrons. The summed E-state index contributed by atoms with van der Waals surface area (Å²) in [7, 11) is 4.60. The highest BCUT2D eigenvalue weighted by molar-refractivity contribution is 8.70. The molecular formula is C5H13O2PS3. The highest BCUT2D eigenvalue weighted by Gasteiger charge is 2.26. The van der Waals surface area contributed by atoms with Crippen LogP contribution >= 0.6 is 28.9 Å². The van der Waals surface area contributed by atoms with Crippen molar-refractivity contribution < 1.29 is 9.05 Å². The maximum atomic E-state index is 5.22. The average Bonchev–Trinajstić information content (AvgIpc) is 2.06. The Bertz CT molecular complexity index is 141. The van der Waals surface area contributed by atoms with Gasteiger partial charge in [-0.05, 0) is 18.2 Å². The number of hydrogen-bond acceptors (Lipinski definition) is 5. The van der Waals surface area contributed by atoms with Crippen LogP contribution in [0.25, 0.3) is 0 Å². The summed E-state index contributed by atoms with van der Waals surface area (Å²) in [6.45, 7) is -0.0228. The van der Waals surface area contributed by atoms with E-state index in [2.05, 4.69) is 11.7 Å². The van der Waals surface area contributed by atoms with E-state index in [-0.39, 0.29) is 4.99 Å². The topological polar surface area (TPSA) is 18.5 Å². The van der Waals surface area contributed by atoms with Crippen LogP contribution in [-0.2, 0) is 20.9 Å². The average molecular weight is 232 g/mol. The molecule has 0 N–H and O–H groups in total. The van der Waals surface area contributed by atoms with Crippen molar-refractivity contribution in [3.8, 4) is 0 Å². The van der Waals surface area contributed by atoms with Crippen LogP contribution in [-0.4, -0.2) is 19.2 Å². The maximum absolute atomic E-state index is 5.22. The molecule has 0 spiro atoms. The molecule has 0 amide bonds. The molecular weight excluding hydrogens is 219 g/mol. The van der Waals surface area contributed by atoms with E-state index in [1.807, 2.05) is 6.92 Å². The molecule has 0 saturated carbocycles. The van der Waals surface area contributed by atoms with Gasteiger partial charge in [-0.2, -0.15) is 0 Å². The lowest BCUT2D eigenvalue weighted by molar-refractivity contribution is 0.334. The van der Waals surface area contributed by atoms with Crippen LogP contribution < -0.4 is 0 Å². The standard InChI is InChI=1S/C5H13O2PS3/c1-4-5(11-10)8(9,6-2)7-3/h5,10H,4H2,1-3H3. The van der Waals surface area contributed by atoms with Crippen molar-refractivity contribution in [2.45, 2.75) is 18.3 Å². The summed E-state index contributed by atoms with van der Waals surface area (Å²) in [5.41, 5.74) is 0. The summed E-state index contributed by atoms with van der Waals surface area (Å²) in [6, 6.07) is 0. The van der Waals surface area contributed by atoms with Crippen LogP contribution in [0.15, 0.2) is 0 Å². The van der Waals surface area contributed by atoms with Gasteiger partial charge in [0.2, 0.25) is 6.49 Å². The molecule has 0 fully saturated rings. The van der Waals surface area contributed by atoms with Crippen molar-refractivity contribution in [3.05, 3.63) is 0 Å². The highest BCUT2D eigenvalue weighted by Crippen LogP contribution is 2.58. The minimum Gasteiger partial charge on any atom is -0.332 e. The second-order valence-corrected chi connectivity index (χ2v) is 7.60. The van der Waals surface area contributed by atoms with Crippen LogP contribution in [0.1, 0.15) is 13.3 Å². The summed E-state index contributed by atoms with van der Waals surface area (Å²) in [5.74, 6) is 0. The Kier molecular flexibility index (Phi) is 6.51. The van der Waals surface area contributed by atoms with E-state index in [1.54, 1.807) is 14.2 Å². The molecule has 2 nitrogen and oxygen atoms in total. The van der Waals surface area contributed by atoms with Crippen LogP contribution in [0.2, 0.25) is 0 Å². The second kappa shape index (κ2) is 5.84. The second-order valence-electron chi connectivity index (χ2n) is 1.87. The van der Waals surface area contributed by atoms with Crippen molar-refractivity contribution in [1.82, 2.24) is 0 Å². The summed E-state index contributed by atoms with van der Waals surface area (Å²) < 4.78 is 10.3. The molecule has 1 unspecified atom stereocenters. The molecule has 0 bridgehead atoms. The van der Waals surface area contributed by atoms with Gasteiger partial charge in [-0.1, -0.05) is 17.7 Å². The summed E-state index contributed by atoms with van der Waals surface area (Å²) >= 11 is 9.34. The molecule has 6 heteroatoms. The van der Waals surface area contributed by atoms with Crippen molar-refractivity contribution in [1.29, 1.82) is 0 Å². The van der Waals surface area contributed by atoms with E-state index in [0.717, 1.165) is 6.42 Å². The molecule has 0 heterocycles. The van der Waals surface area contributed by atoms with Crippen molar-refractivity contribution in [2.24, 2.45) is 0 Å². The zero-order chi connectivity index (χ0) is 8.91. The normalized spacial score (nSPS) is 14.9. The molecule has 0 aliphatic carbocycles. The Morgan fingerprint density at radius 2 is 2.00 bits per heavy atom. The Morgan fingerprint density at radius 1 is 1.55 bits per heavy atom. The van der Waals surface area contributed by atoms with Gasteiger partial charge in [0.05, 0.1) is 4.99 Å². The first-order valence-electron chi connectivity index (χ1n) is 3.16. The highest BCUT2D eigenvalue weighted by atomic mass is 33.1. The first kappa shape index (κ1) is 12.3. The maximum Gasteiger partial charge on any atom is 0.202 e. The molecule has 0 aliphatic heterocycles. The lowest BCUT2D eigenvalue weighted by Crippen LogP contribution is -2.03. The zero-order valence-electron chi connectivity index (χ0n) is 6.81. The van der Waals surface area contributed by atoms with Crippen LogP contribution in [0.4, 0.5) is 0 Å². The van der Waals surface area contributed by atoms with E-state index in [9.17, 15) is 0 Å². The third-order valence-corrected chi connectivity index (χ3v) is 8.47. The smallest absolute Gasteiger partial charge is 0.202 e. The van der Waals surface area contributed by atoms with Gasteiger partial charge < -0.3 is 9.05 Å². The molecule has 0 aromatic heterocycles. The molecule has 0 aromatic rings. The fraction of sp³-hybridized carbons (Fsp3) is 1.00. The quantitative estimate of drug-likeness (QED) is 0.446. The monoisotopic (exact) mass is 232 g/mol. The first-order valence-corrected chi connectivity index (χ1v) is 7.80. The van der Waals surface area contributed by atoms with Gasteiger partial charge in [0.1, 0.15) is 0 Å². The Morgan fingerprint density at radius 3 is 2.09 bits per heavy atom. The molecule has 11 heavy (non-hydrogen) atoms. The van der Waals surface area contributed by atoms with Crippen molar-refractivity contribution in [3.63, 3.8) is 0 Å². The fourth-order valence-electron chi connectivity index (χ4n) is 0.666. The van der Waals surface area contributed by atoms with Crippen LogP contribution in [0.3, 0.4) is 0 Å². The summed E-state index contributed by atoms with van der Waals surface area (Å²) in [4.78, 5) is 0.191. The van der Waals surface area contributed by atoms with Crippen LogP contribution in [0.5, 0.6) is 0 Å². The van der Waals surface area contributed by atoms with Gasteiger partial charge in [-0.3, -0.25) is 0 Å². The van der Waals surface area contributed by atoms with Gasteiger partial charge in [0, 0.05) is 14.2 Å². The van der Waals surface area contributed by atoms with Crippen LogP contribution in [0, 0.1) is 0 Å². The van der Waals surface area contributed by atoms with Gasteiger partial charge in [0.25, 0.3) is 0 Å².